The molecule has 1 N–H and O–H groups in total. The SMILES string of the molecule is O=C(Nc1cnc(Cl)c(Br)c1)C1CCOc2ccccc21. The second kappa shape index (κ2) is 6.03. The first-order chi connectivity index (χ1) is 10.1. The highest BCUT2D eigenvalue weighted by Crippen LogP contribution is 2.34. The summed E-state index contributed by atoms with van der Waals surface area (Å²) in [5.41, 5.74) is 1.53. The van der Waals surface area contributed by atoms with Crippen molar-refractivity contribution in [3.63, 3.8) is 0 Å². The van der Waals surface area contributed by atoms with Crippen LogP contribution in [0.15, 0.2) is 41.0 Å². The van der Waals surface area contributed by atoms with Crippen LogP contribution in [0.2, 0.25) is 5.15 Å². The summed E-state index contributed by atoms with van der Waals surface area (Å²) >= 11 is 9.14. The Morgan fingerprint density at radius 3 is 3.05 bits per heavy atom. The molecule has 6 heteroatoms. The number of carbonyl (C=O) groups excluding carboxylic acids is 1. The third-order valence-electron chi connectivity index (χ3n) is 3.34. The monoisotopic (exact) mass is 366 g/mol. The van der Waals surface area contributed by atoms with Gasteiger partial charge in [0.05, 0.1) is 28.9 Å². The van der Waals surface area contributed by atoms with Crippen LogP contribution in [-0.4, -0.2) is 17.5 Å². The van der Waals surface area contributed by atoms with Gasteiger partial charge in [-0.2, -0.15) is 0 Å². The Hall–Kier alpha value is -1.59. The number of hydrogen-bond donors (Lipinski definition) is 1. The lowest BCUT2D eigenvalue weighted by molar-refractivity contribution is -0.118. The number of rotatable bonds is 2. The van der Waals surface area contributed by atoms with E-state index in [0.29, 0.717) is 28.3 Å². The van der Waals surface area contributed by atoms with Gasteiger partial charge in [-0.3, -0.25) is 4.79 Å². The second-order valence-corrected chi connectivity index (χ2v) is 5.93. The van der Waals surface area contributed by atoms with Crippen molar-refractivity contribution >= 4 is 39.1 Å². The van der Waals surface area contributed by atoms with Crippen LogP contribution in [0.4, 0.5) is 5.69 Å². The molecule has 1 unspecified atom stereocenters. The molecule has 1 atom stereocenters. The fraction of sp³-hybridized carbons (Fsp3) is 0.200. The molecule has 0 spiro atoms. The molecule has 0 fully saturated rings. The molecule has 1 aromatic carbocycles. The Morgan fingerprint density at radius 1 is 1.43 bits per heavy atom. The lowest BCUT2D eigenvalue weighted by Crippen LogP contribution is -2.26. The summed E-state index contributed by atoms with van der Waals surface area (Å²) in [5, 5.41) is 3.24. The fourth-order valence-corrected chi connectivity index (χ4v) is 2.79. The number of carbonyl (C=O) groups is 1. The maximum Gasteiger partial charge on any atom is 0.232 e. The van der Waals surface area contributed by atoms with Crippen molar-refractivity contribution in [2.24, 2.45) is 0 Å². The van der Waals surface area contributed by atoms with E-state index >= 15 is 0 Å². The predicted octanol–water partition coefficient (Wildman–Crippen LogP) is 4.00. The van der Waals surface area contributed by atoms with Gasteiger partial charge in [0.25, 0.3) is 0 Å². The average Bonchev–Trinajstić information content (AvgIpc) is 2.50. The number of nitrogens with zero attached hydrogens (tertiary/aromatic N) is 1. The van der Waals surface area contributed by atoms with E-state index in [2.05, 4.69) is 26.2 Å². The average molecular weight is 368 g/mol. The minimum Gasteiger partial charge on any atom is -0.493 e. The topological polar surface area (TPSA) is 51.2 Å². The summed E-state index contributed by atoms with van der Waals surface area (Å²) in [6, 6.07) is 9.36. The van der Waals surface area contributed by atoms with Gasteiger partial charge in [0.15, 0.2) is 0 Å². The molecular formula is C15H12BrClN2O2. The van der Waals surface area contributed by atoms with Gasteiger partial charge < -0.3 is 10.1 Å². The lowest BCUT2D eigenvalue weighted by Gasteiger charge is -2.25. The molecule has 21 heavy (non-hydrogen) atoms. The van der Waals surface area contributed by atoms with E-state index < -0.39 is 0 Å². The standard InChI is InChI=1S/C15H12BrClN2O2/c16-12-7-9(8-18-14(12)17)19-15(20)11-5-6-21-13-4-2-1-3-10(11)13/h1-4,7-8,11H,5-6H2,(H,19,20). The molecule has 3 rings (SSSR count). The Bertz CT molecular complexity index is 693. The fourth-order valence-electron chi connectivity index (χ4n) is 2.33. The van der Waals surface area contributed by atoms with Crippen LogP contribution >= 0.6 is 27.5 Å². The van der Waals surface area contributed by atoms with Crippen LogP contribution in [0, 0.1) is 0 Å². The molecule has 1 amide bonds. The number of ether oxygens (including phenoxy) is 1. The van der Waals surface area contributed by atoms with Crippen molar-refractivity contribution < 1.29 is 9.53 Å². The van der Waals surface area contributed by atoms with Crippen molar-refractivity contribution in [1.82, 2.24) is 4.98 Å². The van der Waals surface area contributed by atoms with Gasteiger partial charge in [-0.15, -0.1) is 0 Å². The van der Waals surface area contributed by atoms with Crippen molar-refractivity contribution in [2.75, 3.05) is 11.9 Å². The van der Waals surface area contributed by atoms with Gasteiger partial charge in [-0.05, 0) is 34.5 Å². The Kier molecular flexibility index (Phi) is 4.12. The molecule has 2 aromatic rings. The number of amides is 1. The third-order valence-corrected chi connectivity index (χ3v) is 4.47. The highest BCUT2D eigenvalue weighted by Gasteiger charge is 2.27. The quantitative estimate of drug-likeness (QED) is 0.816. The van der Waals surface area contributed by atoms with Crippen molar-refractivity contribution in [3.05, 3.63) is 51.7 Å². The zero-order chi connectivity index (χ0) is 14.8. The first-order valence-corrected chi connectivity index (χ1v) is 7.66. The van der Waals surface area contributed by atoms with Gasteiger partial charge in [-0.25, -0.2) is 4.98 Å². The number of halogens is 2. The number of benzene rings is 1. The van der Waals surface area contributed by atoms with Crippen LogP contribution in [0.1, 0.15) is 17.9 Å². The van der Waals surface area contributed by atoms with Crippen LogP contribution < -0.4 is 10.1 Å². The zero-order valence-corrected chi connectivity index (χ0v) is 13.3. The molecule has 2 heterocycles. The van der Waals surface area contributed by atoms with E-state index in [4.69, 9.17) is 16.3 Å². The Labute approximate surface area is 135 Å². The normalized spacial score (nSPS) is 16.8. The van der Waals surface area contributed by atoms with Gasteiger partial charge in [0, 0.05) is 5.56 Å². The van der Waals surface area contributed by atoms with Gasteiger partial charge >= 0.3 is 0 Å². The minimum atomic E-state index is -0.218. The van der Waals surface area contributed by atoms with Crippen LogP contribution in [-0.2, 0) is 4.79 Å². The molecular weight excluding hydrogens is 356 g/mol. The molecule has 0 saturated heterocycles. The number of hydrogen-bond acceptors (Lipinski definition) is 3. The van der Waals surface area contributed by atoms with E-state index in [1.807, 2.05) is 24.3 Å². The van der Waals surface area contributed by atoms with Crippen LogP contribution in [0.3, 0.4) is 0 Å². The second-order valence-electron chi connectivity index (χ2n) is 4.71. The lowest BCUT2D eigenvalue weighted by atomic mass is 9.92. The van der Waals surface area contributed by atoms with E-state index in [9.17, 15) is 4.79 Å². The highest BCUT2D eigenvalue weighted by molar-refractivity contribution is 9.10. The Morgan fingerprint density at radius 2 is 2.24 bits per heavy atom. The summed E-state index contributed by atoms with van der Waals surface area (Å²) in [5.74, 6) is 0.491. The number of para-hydroxylation sites is 1. The van der Waals surface area contributed by atoms with Gasteiger partial charge in [0.1, 0.15) is 10.9 Å². The summed E-state index contributed by atoms with van der Waals surface area (Å²) < 4.78 is 6.22. The van der Waals surface area contributed by atoms with Crippen molar-refractivity contribution in [2.45, 2.75) is 12.3 Å². The van der Waals surface area contributed by atoms with Gasteiger partial charge in [-0.1, -0.05) is 29.8 Å². The first kappa shape index (κ1) is 14.4. The van der Waals surface area contributed by atoms with Crippen molar-refractivity contribution in [3.8, 4) is 5.75 Å². The maximum atomic E-state index is 12.5. The molecule has 0 bridgehead atoms. The predicted molar refractivity (Wildman–Crippen MR) is 84.9 cm³/mol. The van der Waals surface area contributed by atoms with E-state index in [0.717, 1.165) is 11.3 Å². The smallest absolute Gasteiger partial charge is 0.232 e. The van der Waals surface area contributed by atoms with Crippen LogP contribution in [0.5, 0.6) is 5.75 Å². The summed E-state index contributed by atoms with van der Waals surface area (Å²) in [6.07, 6.45) is 2.20. The van der Waals surface area contributed by atoms with E-state index in [1.54, 1.807) is 6.07 Å². The number of nitrogens with one attached hydrogen (secondary N) is 1. The largest absolute Gasteiger partial charge is 0.493 e. The van der Waals surface area contributed by atoms with Crippen molar-refractivity contribution in [1.29, 1.82) is 0 Å². The number of anilines is 1. The Balaban J connectivity index is 1.81. The number of fused-ring (bicyclic) bond motifs is 1. The summed E-state index contributed by atoms with van der Waals surface area (Å²) in [7, 11) is 0. The van der Waals surface area contributed by atoms with Gasteiger partial charge in [0.2, 0.25) is 5.91 Å². The molecule has 0 saturated carbocycles. The molecule has 1 aliphatic rings. The minimum absolute atomic E-state index is 0.0678. The molecule has 0 aliphatic carbocycles. The first-order valence-electron chi connectivity index (χ1n) is 6.49. The highest BCUT2D eigenvalue weighted by atomic mass is 79.9. The molecule has 1 aromatic heterocycles. The van der Waals surface area contributed by atoms with Crippen LogP contribution in [0.25, 0.3) is 0 Å². The van der Waals surface area contributed by atoms with E-state index in [-0.39, 0.29) is 11.8 Å². The third kappa shape index (κ3) is 3.04. The molecule has 4 nitrogen and oxygen atoms in total. The summed E-state index contributed by atoms with van der Waals surface area (Å²) in [4.78, 5) is 16.5. The van der Waals surface area contributed by atoms with E-state index in [1.165, 1.54) is 6.20 Å². The zero-order valence-electron chi connectivity index (χ0n) is 11.0. The number of aromatic nitrogens is 1. The summed E-state index contributed by atoms with van der Waals surface area (Å²) in [6.45, 7) is 0.539. The molecule has 108 valence electrons. The molecule has 1 aliphatic heterocycles. The molecule has 0 radical (unpaired) electrons. The maximum absolute atomic E-state index is 12.5. The number of pyridine rings is 1.